The van der Waals surface area contributed by atoms with Crippen LogP contribution in [0.15, 0.2) is 42.7 Å². The lowest BCUT2D eigenvalue weighted by Crippen LogP contribution is -2.26. The monoisotopic (exact) mass is 321 g/mol. The molecule has 0 aliphatic heterocycles. The molecule has 7 heteroatoms. The fourth-order valence-electron chi connectivity index (χ4n) is 1.98. The summed E-state index contributed by atoms with van der Waals surface area (Å²) in [6.07, 6.45) is 4.62. The highest BCUT2D eigenvalue weighted by Gasteiger charge is 2.09. The third kappa shape index (κ3) is 5.33. The molecule has 0 aliphatic rings. The molecule has 0 unspecified atom stereocenters. The van der Waals surface area contributed by atoms with Crippen molar-refractivity contribution in [1.29, 1.82) is 0 Å². The second-order valence-corrected chi connectivity index (χ2v) is 7.37. The molecule has 0 fully saturated rings. The highest BCUT2D eigenvalue weighted by Crippen LogP contribution is 2.05. The predicted octanol–water partition coefficient (Wildman–Crippen LogP) is 0.982. The van der Waals surface area contributed by atoms with Gasteiger partial charge >= 0.3 is 0 Å². The Balaban J connectivity index is 1.89. The Bertz CT molecular complexity index is 724. The van der Waals surface area contributed by atoms with E-state index in [0.717, 1.165) is 17.6 Å². The van der Waals surface area contributed by atoms with Crippen LogP contribution in [0.4, 0.5) is 0 Å². The number of carbonyl (C=O) groups is 1. The maximum absolute atomic E-state index is 11.6. The van der Waals surface area contributed by atoms with E-state index in [1.165, 1.54) is 0 Å². The maximum Gasteiger partial charge on any atom is 0.221 e. The van der Waals surface area contributed by atoms with Gasteiger partial charge in [0.15, 0.2) is 0 Å². The summed E-state index contributed by atoms with van der Waals surface area (Å²) < 4.78 is 24.0. The van der Waals surface area contributed by atoms with Crippen molar-refractivity contribution in [3.05, 3.63) is 54.1 Å². The molecule has 0 spiro atoms. The average Bonchev–Trinajstić information content (AvgIpc) is 2.90. The number of hydrogen-bond acceptors (Lipinski definition) is 4. The summed E-state index contributed by atoms with van der Waals surface area (Å²) in [6.45, 7) is 0.956. The first-order valence-corrected chi connectivity index (χ1v) is 8.98. The maximum atomic E-state index is 11.6. The van der Waals surface area contributed by atoms with E-state index in [2.05, 4.69) is 10.3 Å². The highest BCUT2D eigenvalue weighted by atomic mass is 32.2. The molecule has 6 nitrogen and oxygen atoms in total. The number of sulfone groups is 1. The van der Waals surface area contributed by atoms with Crippen LogP contribution in [0, 0.1) is 0 Å². The van der Waals surface area contributed by atoms with E-state index >= 15 is 0 Å². The fourth-order valence-corrected chi connectivity index (χ4v) is 2.53. The van der Waals surface area contributed by atoms with Gasteiger partial charge in [0, 0.05) is 31.6 Å². The standard InChI is InChI=1S/C15H19N3O3S/c1-22(20,21)10-7-15(19)17-11-14-16-8-9-18(14)12-13-5-3-2-4-6-13/h2-6,8-9H,7,10-12H2,1H3,(H,17,19). The Labute approximate surface area is 130 Å². The molecule has 118 valence electrons. The second kappa shape index (κ2) is 7.22. The lowest BCUT2D eigenvalue weighted by atomic mass is 10.2. The Morgan fingerprint density at radius 1 is 1.27 bits per heavy atom. The zero-order chi connectivity index (χ0) is 16.0. The predicted molar refractivity (Wildman–Crippen MR) is 83.9 cm³/mol. The van der Waals surface area contributed by atoms with Crippen molar-refractivity contribution >= 4 is 15.7 Å². The Morgan fingerprint density at radius 3 is 2.68 bits per heavy atom. The number of nitrogens with one attached hydrogen (secondary N) is 1. The van der Waals surface area contributed by atoms with Gasteiger partial charge in [-0.1, -0.05) is 30.3 Å². The van der Waals surface area contributed by atoms with Crippen molar-refractivity contribution in [2.24, 2.45) is 0 Å². The molecule has 0 bridgehead atoms. The Hall–Kier alpha value is -2.15. The fraction of sp³-hybridized carbons (Fsp3) is 0.333. The smallest absolute Gasteiger partial charge is 0.221 e. The van der Waals surface area contributed by atoms with E-state index < -0.39 is 9.84 Å². The summed E-state index contributed by atoms with van der Waals surface area (Å²) in [7, 11) is -3.12. The number of imidazole rings is 1. The molecular formula is C15H19N3O3S. The Kier molecular flexibility index (Phi) is 5.32. The summed E-state index contributed by atoms with van der Waals surface area (Å²) in [6, 6.07) is 9.95. The topological polar surface area (TPSA) is 81.1 Å². The second-order valence-electron chi connectivity index (χ2n) is 5.11. The van der Waals surface area contributed by atoms with E-state index in [0.29, 0.717) is 6.54 Å². The quantitative estimate of drug-likeness (QED) is 0.824. The molecule has 1 aromatic heterocycles. The van der Waals surface area contributed by atoms with E-state index in [4.69, 9.17) is 0 Å². The molecule has 0 radical (unpaired) electrons. The minimum atomic E-state index is -3.12. The first-order chi connectivity index (χ1) is 10.4. The lowest BCUT2D eigenvalue weighted by molar-refractivity contribution is -0.120. The molecule has 1 amide bonds. The van der Waals surface area contributed by atoms with Crippen LogP contribution in [0.25, 0.3) is 0 Å². The van der Waals surface area contributed by atoms with Crippen LogP contribution in [0.5, 0.6) is 0 Å². The van der Waals surface area contributed by atoms with Crippen molar-refractivity contribution in [3.63, 3.8) is 0 Å². The zero-order valence-corrected chi connectivity index (χ0v) is 13.2. The van der Waals surface area contributed by atoms with E-state index in [9.17, 15) is 13.2 Å². The average molecular weight is 321 g/mol. The summed E-state index contributed by atoms with van der Waals surface area (Å²) in [5.74, 6) is 0.299. The van der Waals surface area contributed by atoms with Crippen LogP contribution in [-0.4, -0.2) is 35.9 Å². The van der Waals surface area contributed by atoms with Crippen LogP contribution in [0.1, 0.15) is 17.8 Å². The van der Waals surface area contributed by atoms with Gasteiger partial charge in [-0.25, -0.2) is 13.4 Å². The van der Waals surface area contributed by atoms with Crippen LogP contribution in [0.2, 0.25) is 0 Å². The number of nitrogens with zero attached hydrogens (tertiary/aromatic N) is 2. The first-order valence-electron chi connectivity index (χ1n) is 6.92. The minimum absolute atomic E-state index is 0.0295. The van der Waals surface area contributed by atoms with Gasteiger partial charge in [0.05, 0.1) is 12.3 Å². The van der Waals surface area contributed by atoms with Crippen molar-refractivity contribution in [3.8, 4) is 0 Å². The zero-order valence-electron chi connectivity index (χ0n) is 12.4. The molecule has 0 aliphatic carbocycles. The third-order valence-electron chi connectivity index (χ3n) is 3.14. The summed E-state index contributed by atoms with van der Waals surface area (Å²) in [5, 5.41) is 2.70. The number of hydrogen-bond donors (Lipinski definition) is 1. The SMILES string of the molecule is CS(=O)(=O)CCC(=O)NCc1nccn1Cc1ccccc1. The highest BCUT2D eigenvalue weighted by molar-refractivity contribution is 7.90. The molecule has 2 aromatic rings. The summed E-state index contributed by atoms with van der Waals surface area (Å²) >= 11 is 0. The largest absolute Gasteiger partial charge is 0.349 e. The van der Waals surface area contributed by atoms with Crippen LogP contribution in [-0.2, 0) is 27.7 Å². The summed E-state index contributed by atoms with van der Waals surface area (Å²) in [5.41, 5.74) is 1.14. The van der Waals surface area contributed by atoms with Gasteiger partial charge in [-0.2, -0.15) is 0 Å². The third-order valence-corrected chi connectivity index (χ3v) is 4.09. The van der Waals surface area contributed by atoms with Crippen LogP contribution < -0.4 is 5.32 Å². The van der Waals surface area contributed by atoms with Gasteiger partial charge in [-0.3, -0.25) is 4.79 Å². The van der Waals surface area contributed by atoms with E-state index in [1.54, 1.807) is 6.20 Å². The van der Waals surface area contributed by atoms with Gasteiger partial charge in [0.2, 0.25) is 5.91 Å². The molecule has 0 atom stereocenters. The van der Waals surface area contributed by atoms with Gasteiger partial charge in [0.1, 0.15) is 15.7 Å². The molecule has 0 saturated heterocycles. The molecular weight excluding hydrogens is 302 g/mol. The first kappa shape index (κ1) is 16.2. The van der Waals surface area contributed by atoms with Crippen molar-refractivity contribution < 1.29 is 13.2 Å². The van der Waals surface area contributed by atoms with Crippen LogP contribution in [0.3, 0.4) is 0 Å². The number of benzene rings is 1. The van der Waals surface area contributed by atoms with Gasteiger partial charge < -0.3 is 9.88 Å². The summed E-state index contributed by atoms with van der Waals surface area (Å²) in [4.78, 5) is 15.9. The molecule has 1 aromatic carbocycles. The number of rotatable bonds is 7. The van der Waals surface area contributed by atoms with Gasteiger partial charge in [-0.05, 0) is 5.56 Å². The molecule has 0 saturated carbocycles. The molecule has 2 rings (SSSR count). The number of aromatic nitrogens is 2. The van der Waals surface area contributed by atoms with Crippen LogP contribution >= 0.6 is 0 Å². The molecule has 22 heavy (non-hydrogen) atoms. The minimum Gasteiger partial charge on any atom is -0.349 e. The van der Waals surface area contributed by atoms with Crippen molar-refractivity contribution in [2.45, 2.75) is 19.5 Å². The van der Waals surface area contributed by atoms with Crippen molar-refractivity contribution in [2.75, 3.05) is 12.0 Å². The molecule has 1 heterocycles. The van der Waals surface area contributed by atoms with Gasteiger partial charge in [-0.15, -0.1) is 0 Å². The van der Waals surface area contributed by atoms with E-state index in [-0.39, 0.29) is 24.6 Å². The van der Waals surface area contributed by atoms with Gasteiger partial charge in [0.25, 0.3) is 0 Å². The Morgan fingerprint density at radius 2 is 2.00 bits per heavy atom. The van der Waals surface area contributed by atoms with E-state index in [1.807, 2.05) is 41.1 Å². The number of amides is 1. The normalized spacial score (nSPS) is 11.3. The lowest BCUT2D eigenvalue weighted by Gasteiger charge is -2.09. The molecule has 1 N–H and O–H groups in total. The number of carbonyl (C=O) groups excluding carboxylic acids is 1. The van der Waals surface area contributed by atoms with Crippen molar-refractivity contribution in [1.82, 2.24) is 14.9 Å².